The van der Waals surface area contributed by atoms with Gasteiger partial charge in [-0.25, -0.2) is 0 Å². The molecule has 2 aromatic carbocycles. The van der Waals surface area contributed by atoms with Gasteiger partial charge in [0.05, 0.1) is 11.1 Å². The van der Waals surface area contributed by atoms with E-state index in [-0.39, 0.29) is 11.8 Å². The van der Waals surface area contributed by atoms with Gasteiger partial charge in [0, 0.05) is 12.6 Å². The van der Waals surface area contributed by atoms with Crippen LogP contribution in [0.4, 0.5) is 0 Å². The summed E-state index contributed by atoms with van der Waals surface area (Å²) in [6.45, 7) is 2.08. The van der Waals surface area contributed by atoms with E-state index in [1.54, 1.807) is 18.2 Å². The zero-order valence-electron chi connectivity index (χ0n) is 12.0. The molecule has 0 bridgehead atoms. The summed E-state index contributed by atoms with van der Waals surface area (Å²) in [7, 11) is 1.46. The molecule has 1 heterocycles. The van der Waals surface area contributed by atoms with E-state index in [0.717, 1.165) is 4.90 Å². The minimum Gasteiger partial charge on any atom is -0.277 e. The van der Waals surface area contributed by atoms with Crippen LogP contribution in [0.25, 0.3) is 0 Å². The van der Waals surface area contributed by atoms with Crippen molar-refractivity contribution < 1.29 is 9.59 Å². The Morgan fingerprint density at radius 3 is 2.10 bits per heavy atom. The summed E-state index contributed by atoms with van der Waals surface area (Å²) in [4.78, 5) is 24.1. The Hall–Kier alpha value is -2.86. The first-order valence-corrected chi connectivity index (χ1v) is 6.49. The first-order valence-electron chi connectivity index (χ1n) is 6.49. The highest BCUT2D eigenvalue weighted by atomic mass is 16.2. The summed E-state index contributed by atoms with van der Waals surface area (Å²) >= 11 is 0. The third-order valence-electron chi connectivity index (χ3n) is 3.20. The molecule has 104 valence electrons. The molecule has 0 saturated carbocycles. The molecule has 2 aromatic rings. The summed E-state index contributed by atoms with van der Waals surface area (Å²) in [6, 6.07) is 15.1. The number of terminal acetylenes is 1. The molecule has 0 N–H and O–H groups in total. The van der Waals surface area contributed by atoms with Crippen molar-refractivity contribution in [3.05, 3.63) is 70.8 Å². The number of carbonyl (C=O) groups excluding carboxylic acids is 2. The SMILES string of the molecule is C#Cc1ccc2c(c1)C(=O)N(C)C2=O.Cc1ccccc1. The van der Waals surface area contributed by atoms with Gasteiger partial charge in [0.2, 0.25) is 0 Å². The summed E-state index contributed by atoms with van der Waals surface area (Å²) < 4.78 is 0. The third kappa shape index (κ3) is 3.01. The average Bonchev–Trinajstić information content (AvgIpc) is 2.73. The van der Waals surface area contributed by atoms with Crippen LogP contribution >= 0.6 is 0 Å². The molecule has 0 unspecified atom stereocenters. The number of amides is 2. The lowest BCUT2D eigenvalue weighted by atomic mass is 10.1. The number of hydrogen-bond donors (Lipinski definition) is 0. The second-order valence-corrected chi connectivity index (χ2v) is 4.73. The van der Waals surface area contributed by atoms with Crippen LogP contribution in [0.15, 0.2) is 48.5 Å². The standard InChI is InChI=1S/C11H7NO2.C7H8/c1-3-7-4-5-8-9(6-7)11(14)12(2)10(8)13;1-7-5-3-2-4-6-7/h1,4-6H,2H3;2-6H,1H3. The van der Waals surface area contributed by atoms with Crippen LogP contribution in [0, 0.1) is 19.3 Å². The molecular weight excluding hydrogens is 262 g/mol. The number of carbonyl (C=O) groups is 2. The van der Waals surface area contributed by atoms with Crippen molar-refractivity contribution >= 4 is 11.8 Å². The minimum absolute atomic E-state index is 0.270. The zero-order chi connectivity index (χ0) is 15.4. The first kappa shape index (κ1) is 14.5. The van der Waals surface area contributed by atoms with E-state index in [9.17, 15) is 9.59 Å². The van der Waals surface area contributed by atoms with Crippen LogP contribution in [0.5, 0.6) is 0 Å². The van der Waals surface area contributed by atoms with Crippen molar-refractivity contribution in [2.75, 3.05) is 7.05 Å². The van der Waals surface area contributed by atoms with Gasteiger partial charge in [-0.05, 0) is 25.1 Å². The van der Waals surface area contributed by atoms with E-state index < -0.39 is 0 Å². The van der Waals surface area contributed by atoms with E-state index in [1.165, 1.54) is 12.6 Å². The molecule has 0 spiro atoms. The normalized spacial score (nSPS) is 12.3. The molecule has 0 fully saturated rings. The molecule has 3 heteroatoms. The molecule has 3 rings (SSSR count). The van der Waals surface area contributed by atoms with Gasteiger partial charge in [0.15, 0.2) is 0 Å². The lowest BCUT2D eigenvalue weighted by Crippen LogP contribution is -2.24. The highest BCUT2D eigenvalue weighted by Crippen LogP contribution is 2.22. The van der Waals surface area contributed by atoms with Crippen LogP contribution in [0.2, 0.25) is 0 Å². The summed E-state index contributed by atoms with van der Waals surface area (Å²) in [5, 5.41) is 0. The number of nitrogens with zero attached hydrogens (tertiary/aromatic N) is 1. The molecule has 3 nitrogen and oxygen atoms in total. The number of benzene rings is 2. The van der Waals surface area contributed by atoms with Crippen molar-refractivity contribution in [2.45, 2.75) is 6.92 Å². The van der Waals surface area contributed by atoms with Crippen molar-refractivity contribution in [2.24, 2.45) is 0 Å². The van der Waals surface area contributed by atoms with Crippen LogP contribution < -0.4 is 0 Å². The largest absolute Gasteiger partial charge is 0.277 e. The number of imide groups is 1. The number of rotatable bonds is 0. The van der Waals surface area contributed by atoms with Crippen LogP contribution in [0.1, 0.15) is 31.8 Å². The van der Waals surface area contributed by atoms with Crippen molar-refractivity contribution in [1.82, 2.24) is 4.90 Å². The second kappa shape index (κ2) is 6.06. The maximum atomic E-state index is 11.5. The lowest BCUT2D eigenvalue weighted by molar-refractivity contribution is 0.0693. The van der Waals surface area contributed by atoms with Gasteiger partial charge in [-0.15, -0.1) is 6.42 Å². The zero-order valence-corrected chi connectivity index (χ0v) is 12.0. The maximum Gasteiger partial charge on any atom is 0.261 e. The fourth-order valence-corrected chi connectivity index (χ4v) is 1.99. The van der Waals surface area contributed by atoms with Gasteiger partial charge in [-0.1, -0.05) is 41.8 Å². The molecule has 0 atom stereocenters. The summed E-state index contributed by atoms with van der Waals surface area (Å²) in [5.74, 6) is 1.87. The van der Waals surface area contributed by atoms with Gasteiger partial charge >= 0.3 is 0 Å². The minimum atomic E-state index is -0.290. The molecule has 21 heavy (non-hydrogen) atoms. The predicted molar refractivity (Wildman–Crippen MR) is 82.0 cm³/mol. The molecule has 0 saturated heterocycles. The number of fused-ring (bicyclic) bond motifs is 1. The monoisotopic (exact) mass is 277 g/mol. The van der Waals surface area contributed by atoms with E-state index in [4.69, 9.17) is 6.42 Å². The van der Waals surface area contributed by atoms with E-state index >= 15 is 0 Å². The molecule has 0 radical (unpaired) electrons. The third-order valence-corrected chi connectivity index (χ3v) is 3.20. The topological polar surface area (TPSA) is 37.4 Å². The van der Waals surface area contributed by atoms with Crippen molar-refractivity contribution in [3.8, 4) is 12.3 Å². The van der Waals surface area contributed by atoms with Crippen molar-refractivity contribution in [3.63, 3.8) is 0 Å². The Morgan fingerprint density at radius 1 is 0.952 bits per heavy atom. The molecule has 1 aliphatic heterocycles. The van der Waals surface area contributed by atoms with Gasteiger partial charge in [0.1, 0.15) is 0 Å². The van der Waals surface area contributed by atoms with Crippen LogP contribution in [-0.2, 0) is 0 Å². The highest BCUT2D eigenvalue weighted by Gasteiger charge is 2.32. The first-order chi connectivity index (χ1) is 10.0. The molecule has 0 aromatic heterocycles. The van der Waals surface area contributed by atoms with Gasteiger partial charge in [-0.3, -0.25) is 14.5 Å². The van der Waals surface area contributed by atoms with Gasteiger partial charge in [-0.2, -0.15) is 0 Å². The fraction of sp³-hybridized carbons (Fsp3) is 0.111. The summed E-state index contributed by atoms with van der Waals surface area (Å²) in [5.41, 5.74) is 2.76. The van der Waals surface area contributed by atoms with E-state index in [1.807, 2.05) is 18.2 Å². The second-order valence-electron chi connectivity index (χ2n) is 4.73. The van der Waals surface area contributed by atoms with Crippen LogP contribution in [-0.4, -0.2) is 23.8 Å². The Kier molecular flexibility index (Phi) is 4.20. The molecule has 0 aliphatic carbocycles. The van der Waals surface area contributed by atoms with E-state index in [2.05, 4.69) is 25.0 Å². The Bertz CT molecular complexity index is 727. The lowest BCUT2D eigenvalue weighted by Gasteiger charge is -2.02. The average molecular weight is 277 g/mol. The Labute approximate surface area is 124 Å². The predicted octanol–water partition coefficient (Wildman–Crippen LogP) is 2.89. The smallest absolute Gasteiger partial charge is 0.261 e. The Balaban J connectivity index is 0.000000194. The molecular formula is C18H15NO2. The maximum absolute atomic E-state index is 11.5. The molecule has 1 aliphatic rings. The summed E-state index contributed by atoms with van der Waals surface area (Å²) in [6.07, 6.45) is 5.20. The Morgan fingerprint density at radius 2 is 1.57 bits per heavy atom. The number of hydrogen-bond acceptors (Lipinski definition) is 2. The quantitative estimate of drug-likeness (QED) is 0.548. The molecule has 2 amide bonds. The fourth-order valence-electron chi connectivity index (χ4n) is 1.99. The van der Waals surface area contributed by atoms with Crippen LogP contribution in [0.3, 0.4) is 0 Å². The highest BCUT2D eigenvalue weighted by molar-refractivity contribution is 6.21. The van der Waals surface area contributed by atoms with E-state index in [0.29, 0.717) is 16.7 Å². The van der Waals surface area contributed by atoms with Gasteiger partial charge in [0.25, 0.3) is 11.8 Å². The van der Waals surface area contributed by atoms with Crippen molar-refractivity contribution in [1.29, 1.82) is 0 Å². The van der Waals surface area contributed by atoms with Gasteiger partial charge < -0.3 is 0 Å². The number of aryl methyl sites for hydroxylation is 1.